The topological polar surface area (TPSA) is 86.3 Å². The van der Waals surface area contributed by atoms with Gasteiger partial charge in [0.25, 0.3) is 0 Å². The number of halogens is 2. The molecule has 1 aromatic carbocycles. The van der Waals surface area contributed by atoms with E-state index in [1.165, 1.54) is 44.9 Å². The van der Waals surface area contributed by atoms with Crippen LogP contribution in [0.4, 0.5) is 11.5 Å². The Labute approximate surface area is 212 Å². The van der Waals surface area contributed by atoms with Gasteiger partial charge in [-0.25, -0.2) is 4.98 Å². The van der Waals surface area contributed by atoms with Crippen LogP contribution in [-0.4, -0.2) is 42.2 Å². The van der Waals surface area contributed by atoms with Crippen LogP contribution in [0.2, 0.25) is 0 Å². The van der Waals surface area contributed by atoms with Crippen molar-refractivity contribution < 1.29 is 9.90 Å². The summed E-state index contributed by atoms with van der Waals surface area (Å²) in [6.07, 6.45) is 9.42. The largest absolute Gasteiger partial charge is 0.395 e. The molecule has 1 amide bonds. The van der Waals surface area contributed by atoms with E-state index in [1.807, 2.05) is 30.3 Å². The highest BCUT2D eigenvalue weighted by Gasteiger charge is 2.16. The van der Waals surface area contributed by atoms with E-state index in [2.05, 4.69) is 20.9 Å². The molecule has 1 aliphatic rings. The third-order valence-electron chi connectivity index (χ3n) is 5.60. The van der Waals surface area contributed by atoms with E-state index in [-0.39, 0.29) is 52.2 Å². The zero-order chi connectivity index (χ0) is 20.3. The first-order chi connectivity index (χ1) is 14.3. The van der Waals surface area contributed by atoms with Crippen LogP contribution >= 0.6 is 24.8 Å². The number of aromatic nitrogens is 1. The summed E-state index contributed by atoms with van der Waals surface area (Å²) in [5.41, 5.74) is 1.70. The van der Waals surface area contributed by atoms with E-state index in [9.17, 15) is 4.79 Å². The number of carbonyl (C=O) groups excluding carboxylic acids is 1. The van der Waals surface area contributed by atoms with Gasteiger partial charge in [-0.15, -0.1) is 24.8 Å². The summed E-state index contributed by atoms with van der Waals surface area (Å²) < 4.78 is 0. The Morgan fingerprint density at radius 3 is 2.33 bits per heavy atom. The van der Waals surface area contributed by atoms with Gasteiger partial charge in [0.05, 0.1) is 17.8 Å². The van der Waals surface area contributed by atoms with Crippen LogP contribution in [-0.2, 0) is 4.79 Å². The molecule has 33 heavy (non-hydrogen) atoms. The first-order valence-electron chi connectivity index (χ1n) is 11.0. The Balaban J connectivity index is 0. The van der Waals surface area contributed by atoms with Gasteiger partial charge in [0.1, 0.15) is 5.82 Å². The molecule has 1 fully saturated rings. The van der Waals surface area contributed by atoms with Crippen LogP contribution in [0.3, 0.4) is 0 Å². The van der Waals surface area contributed by atoms with E-state index in [1.54, 1.807) is 0 Å². The molecule has 8 heteroatoms. The first-order valence-corrected chi connectivity index (χ1v) is 11.0. The average molecular weight is 504 g/mol. The van der Waals surface area contributed by atoms with E-state index < -0.39 is 0 Å². The van der Waals surface area contributed by atoms with Crippen molar-refractivity contribution in [1.82, 2.24) is 10.3 Å². The maximum Gasteiger partial charge on any atom is 0.224 e. The quantitative estimate of drug-likeness (QED) is 0.314. The van der Waals surface area contributed by atoms with E-state index in [0.29, 0.717) is 18.9 Å². The highest BCUT2D eigenvalue weighted by atomic mass is 35.5. The van der Waals surface area contributed by atoms with Crippen molar-refractivity contribution in [3.05, 3.63) is 30.3 Å². The molecule has 0 saturated heterocycles. The molecule has 1 heterocycles. The predicted molar refractivity (Wildman–Crippen MR) is 147 cm³/mol. The van der Waals surface area contributed by atoms with Crippen molar-refractivity contribution in [2.45, 2.75) is 66.2 Å². The number of nitrogens with one attached hydrogen (secondary N) is 3. The molecule has 0 bridgehead atoms. The summed E-state index contributed by atoms with van der Waals surface area (Å²) in [5.74, 6) is 1.43. The number of carbonyl (C=O) groups is 1. The Morgan fingerprint density at radius 1 is 0.939 bits per heavy atom. The highest BCUT2D eigenvalue weighted by molar-refractivity contribution is 6.01. The van der Waals surface area contributed by atoms with Gasteiger partial charge in [0.15, 0.2) is 0 Å². The highest BCUT2D eigenvalue weighted by Crippen LogP contribution is 2.27. The number of pyridine rings is 1. The van der Waals surface area contributed by atoms with Gasteiger partial charge >= 0.3 is 0 Å². The number of hydrogen-bond donors (Lipinski definition) is 4. The fraction of sp³-hybridized carbons (Fsp3) is 0.600. The normalized spacial score (nSPS) is 13.7. The number of hydrogen-bond acceptors (Lipinski definition) is 5. The monoisotopic (exact) mass is 502 g/mol. The molecule has 2 aromatic rings. The Hall–Kier alpha value is -1.60. The zero-order valence-corrected chi connectivity index (χ0v) is 19.7. The smallest absolute Gasteiger partial charge is 0.224 e. The molecule has 0 atom stereocenters. The summed E-state index contributed by atoms with van der Waals surface area (Å²) in [5, 5.41) is 19.3. The number of benzene rings is 1. The van der Waals surface area contributed by atoms with Crippen LogP contribution in [0.5, 0.6) is 0 Å². The summed E-state index contributed by atoms with van der Waals surface area (Å²) in [4.78, 5) is 17.3. The first kappa shape index (κ1) is 33.6. The lowest BCUT2D eigenvalue weighted by Crippen LogP contribution is -2.25. The van der Waals surface area contributed by atoms with Crippen LogP contribution in [0.1, 0.15) is 66.2 Å². The predicted octanol–water partition coefficient (Wildman–Crippen LogP) is 6.03. The minimum absolute atomic E-state index is 0. The molecule has 4 N–H and O–H groups in total. The van der Waals surface area contributed by atoms with Crippen molar-refractivity contribution in [3.8, 4) is 0 Å². The molecule has 0 unspecified atom stereocenters. The van der Waals surface area contributed by atoms with Crippen molar-refractivity contribution in [2.24, 2.45) is 5.92 Å². The lowest BCUT2D eigenvalue weighted by atomic mass is 9.89. The number of aliphatic hydroxyl groups excluding tert-OH is 1. The molecule has 3 rings (SSSR count). The fourth-order valence-corrected chi connectivity index (χ4v) is 4.05. The minimum atomic E-state index is 0. The van der Waals surface area contributed by atoms with Gasteiger partial charge in [-0.05, 0) is 43.0 Å². The summed E-state index contributed by atoms with van der Waals surface area (Å²) in [6.45, 7) is 2.23. The summed E-state index contributed by atoms with van der Waals surface area (Å²) in [6, 6.07) is 9.81. The van der Waals surface area contributed by atoms with Gasteiger partial charge in [-0.2, -0.15) is 0 Å². The van der Waals surface area contributed by atoms with Gasteiger partial charge in [0, 0.05) is 31.4 Å². The molecule has 0 aliphatic heterocycles. The summed E-state index contributed by atoms with van der Waals surface area (Å²) >= 11 is 0. The molecule has 0 spiro atoms. The number of amides is 1. The van der Waals surface area contributed by atoms with Gasteiger partial charge in [-0.1, -0.05) is 53.0 Å². The average Bonchev–Trinajstić information content (AvgIpc) is 2.70. The molecular weight excluding hydrogens is 459 g/mol. The van der Waals surface area contributed by atoms with Crippen molar-refractivity contribution in [1.29, 1.82) is 0 Å². The molecule has 190 valence electrons. The molecule has 6 nitrogen and oxygen atoms in total. The second-order valence-corrected chi connectivity index (χ2v) is 7.93. The molecule has 1 aliphatic carbocycles. The second-order valence-electron chi connectivity index (χ2n) is 7.93. The SMILES string of the molecule is C.C.Cl.Cl.O=C(CC1CCCCCCC1)Nc1cccc2nc(NCCNCCO)ccc12. The molecule has 1 saturated carbocycles. The second kappa shape index (κ2) is 18.8. The fourth-order valence-electron chi connectivity index (χ4n) is 4.05. The lowest BCUT2D eigenvalue weighted by molar-refractivity contribution is -0.117. The van der Waals surface area contributed by atoms with Crippen LogP contribution in [0, 0.1) is 5.92 Å². The van der Waals surface area contributed by atoms with Crippen molar-refractivity contribution in [3.63, 3.8) is 0 Å². The van der Waals surface area contributed by atoms with E-state index in [4.69, 9.17) is 5.11 Å². The number of nitrogens with zero attached hydrogens (tertiary/aromatic N) is 1. The number of fused-ring (bicyclic) bond motifs is 1. The zero-order valence-electron chi connectivity index (χ0n) is 18.1. The Bertz CT molecular complexity index is 784. The van der Waals surface area contributed by atoms with Gasteiger partial charge < -0.3 is 21.1 Å². The third-order valence-corrected chi connectivity index (χ3v) is 5.60. The van der Waals surface area contributed by atoms with Crippen LogP contribution in [0.15, 0.2) is 30.3 Å². The van der Waals surface area contributed by atoms with Gasteiger partial charge in [0.2, 0.25) is 5.91 Å². The molecule has 1 aromatic heterocycles. The van der Waals surface area contributed by atoms with Crippen LogP contribution in [0.25, 0.3) is 10.9 Å². The number of aliphatic hydroxyl groups is 1. The van der Waals surface area contributed by atoms with Crippen LogP contribution < -0.4 is 16.0 Å². The lowest BCUT2D eigenvalue weighted by Gasteiger charge is -2.19. The van der Waals surface area contributed by atoms with E-state index in [0.717, 1.165) is 35.5 Å². The molecule has 0 radical (unpaired) electrons. The Morgan fingerprint density at radius 2 is 1.64 bits per heavy atom. The third kappa shape index (κ3) is 11.4. The Kier molecular flexibility index (Phi) is 19.1. The number of rotatable bonds is 9. The maximum atomic E-state index is 12.6. The number of anilines is 2. The van der Waals surface area contributed by atoms with E-state index >= 15 is 0 Å². The van der Waals surface area contributed by atoms with Gasteiger partial charge in [-0.3, -0.25) is 4.79 Å². The standard InChI is InChI=1S/C23H34N4O2.2CH4.2ClH/c28-16-15-24-13-14-25-22-12-11-19-20(26-22)9-6-10-21(19)27-23(29)17-18-7-4-2-1-3-5-8-18;;;;/h6,9-12,18,24,28H,1-5,7-8,13-17H2,(H,25,26)(H,27,29);2*1H4;2*1H. The van der Waals surface area contributed by atoms with Crippen molar-refractivity contribution >= 4 is 53.1 Å². The summed E-state index contributed by atoms with van der Waals surface area (Å²) in [7, 11) is 0. The maximum absolute atomic E-state index is 12.6. The minimum Gasteiger partial charge on any atom is -0.395 e. The molecular formula is C25H44Cl2N4O2. The van der Waals surface area contributed by atoms with Crippen molar-refractivity contribution in [2.75, 3.05) is 36.9 Å².